The Morgan fingerprint density at radius 2 is 1.68 bits per heavy atom. The summed E-state index contributed by atoms with van der Waals surface area (Å²) >= 11 is 0. The summed E-state index contributed by atoms with van der Waals surface area (Å²) in [5.41, 5.74) is 0. The van der Waals surface area contributed by atoms with E-state index in [1.54, 1.807) is 24.3 Å². The van der Waals surface area contributed by atoms with Gasteiger partial charge in [0.05, 0.1) is 12.4 Å². The first-order valence-corrected chi connectivity index (χ1v) is 5.59. The Hall–Kier alpha value is -2.69. The number of fused-ring (bicyclic) bond motifs is 1. The van der Waals surface area contributed by atoms with Crippen LogP contribution >= 0.6 is 0 Å². The molecule has 19 heavy (non-hydrogen) atoms. The maximum atomic E-state index is 12.7. The summed E-state index contributed by atoms with van der Waals surface area (Å²) in [6.07, 6.45) is 2.07. The molecule has 0 aliphatic rings. The summed E-state index contributed by atoms with van der Waals surface area (Å²) in [5.74, 6) is 0.183. The van der Waals surface area contributed by atoms with Gasteiger partial charge in [0, 0.05) is 0 Å². The van der Waals surface area contributed by atoms with E-state index in [0.717, 1.165) is 23.2 Å². The van der Waals surface area contributed by atoms with Crippen molar-refractivity contribution in [3.8, 4) is 17.5 Å². The van der Waals surface area contributed by atoms with Crippen molar-refractivity contribution in [3.05, 3.63) is 54.6 Å². The third-order valence-corrected chi connectivity index (χ3v) is 2.60. The number of benzene rings is 2. The van der Waals surface area contributed by atoms with Gasteiger partial charge >= 0.3 is 6.01 Å². The molecular formula is C14H9FN2O2. The Morgan fingerprint density at radius 1 is 0.947 bits per heavy atom. The second-order valence-corrected chi connectivity index (χ2v) is 3.98. The molecule has 0 amide bonds. The van der Waals surface area contributed by atoms with E-state index in [0.29, 0.717) is 5.75 Å². The molecule has 5 heteroatoms. The smallest absolute Gasteiger partial charge is 0.322 e. The van der Waals surface area contributed by atoms with E-state index in [9.17, 15) is 9.50 Å². The van der Waals surface area contributed by atoms with Gasteiger partial charge in [-0.05, 0) is 35.0 Å². The molecule has 3 rings (SSSR count). The molecule has 1 aromatic heterocycles. The van der Waals surface area contributed by atoms with E-state index in [-0.39, 0.29) is 11.8 Å². The second-order valence-electron chi connectivity index (χ2n) is 3.98. The van der Waals surface area contributed by atoms with E-state index in [1.807, 2.05) is 12.1 Å². The van der Waals surface area contributed by atoms with E-state index in [1.165, 1.54) is 0 Å². The van der Waals surface area contributed by atoms with Gasteiger partial charge in [-0.1, -0.05) is 12.1 Å². The highest BCUT2D eigenvalue weighted by atomic mass is 19.1. The number of nitrogens with zero attached hydrogens (tertiary/aromatic N) is 2. The standard InChI is InChI=1S/C14H9FN2O2/c15-11-7-16-14(17-8-11)19-13-4-2-9-1-3-12(18)5-10(9)6-13/h1-8,18H. The number of aromatic hydroxyl groups is 1. The lowest BCUT2D eigenvalue weighted by atomic mass is 10.1. The largest absolute Gasteiger partial charge is 0.508 e. The van der Waals surface area contributed by atoms with Crippen molar-refractivity contribution in [2.45, 2.75) is 0 Å². The van der Waals surface area contributed by atoms with Crippen LogP contribution in [0.4, 0.5) is 4.39 Å². The summed E-state index contributed by atoms with van der Waals surface area (Å²) in [6, 6.07) is 10.5. The molecular weight excluding hydrogens is 247 g/mol. The van der Waals surface area contributed by atoms with Crippen LogP contribution in [0.1, 0.15) is 0 Å². The average Bonchev–Trinajstić information content (AvgIpc) is 2.41. The summed E-state index contributed by atoms with van der Waals surface area (Å²) in [4.78, 5) is 7.43. The molecule has 0 aliphatic heterocycles. The van der Waals surface area contributed by atoms with Crippen molar-refractivity contribution in [1.29, 1.82) is 0 Å². The first-order chi connectivity index (χ1) is 9.20. The van der Waals surface area contributed by atoms with E-state index < -0.39 is 5.82 Å². The molecule has 1 N–H and O–H groups in total. The van der Waals surface area contributed by atoms with Crippen LogP contribution in [0.25, 0.3) is 10.8 Å². The predicted molar refractivity (Wildman–Crippen MR) is 67.7 cm³/mol. The Kier molecular flexibility index (Phi) is 2.72. The first kappa shape index (κ1) is 11.4. The Morgan fingerprint density at radius 3 is 2.47 bits per heavy atom. The van der Waals surface area contributed by atoms with Crippen LogP contribution in [0, 0.1) is 5.82 Å². The SMILES string of the molecule is Oc1ccc2ccc(Oc3ncc(F)cn3)cc2c1. The summed E-state index contributed by atoms with van der Waals surface area (Å²) in [6.45, 7) is 0. The van der Waals surface area contributed by atoms with Crippen molar-refractivity contribution in [2.24, 2.45) is 0 Å². The molecule has 0 saturated heterocycles. The topological polar surface area (TPSA) is 55.2 Å². The third-order valence-electron chi connectivity index (χ3n) is 2.60. The number of halogens is 1. The van der Waals surface area contributed by atoms with E-state index >= 15 is 0 Å². The number of ether oxygens (including phenoxy) is 1. The van der Waals surface area contributed by atoms with Gasteiger partial charge in [-0.3, -0.25) is 0 Å². The van der Waals surface area contributed by atoms with Crippen LogP contribution < -0.4 is 4.74 Å². The molecule has 0 unspecified atom stereocenters. The summed E-state index contributed by atoms with van der Waals surface area (Å²) in [5, 5.41) is 11.2. The van der Waals surface area contributed by atoms with Gasteiger partial charge in [0.25, 0.3) is 0 Å². The Labute approximate surface area is 108 Å². The Balaban J connectivity index is 1.94. The molecule has 0 spiro atoms. The lowest BCUT2D eigenvalue weighted by Gasteiger charge is -2.05. The molecule has 4 nitrogen and oxygen atoms in total. The van der Waals surface area contributed by atoms with Crippen LogP contribution in [0.3, 0.4) is 0 Å². The van der Waals surface area contributed by atoms with Crippen LogP contribution in [-0.2, 0) is 0 Å². The van der Waals surface area contributed by atoms with E-state index in [4.69, 9.17) is 4.74 Å². The van der Waals surface area contributed by atoms with Gasteiger partial charge in [-0.25, -0.2) is 14.4 Å². The van der Waals surface area contributed by atoms with Crippen LogP contribution in [0.5, 0.6) is 17.5 Å². The molecule has 1 heterocycles. The maximum absolute atomic E-state index is 12.7. The maximum Gasteiger partial charge on any atom is 0.322 e. The van der Waals surface area contributed by atoms with E-state index in [2.05, 4.69) is 9.97 Å². The number of hydrogen-bond donors (Lipinski definition) is 1. The third kappa shape index (κ3) is 2.44. The molecule has 3 aromatic rings. The van der Waals surface area contributed by atoms with Crippen molar-refractivity contribution >= 4 is 10.8 Å². The van der Waals surface area contributed by atoms with Gasteiger partial charge < -0.3 is 9.84 Å². The van der Waals surface area contributed by atoms with Crippen molar-refractivity contribution in [1.82, 2.24) is 9.97 Å². The lowest BCUT2D eigenvalue weighted by molar-refractivity contribution is 0.437. The van der Waals surface area contributed by atoms with Gasteiger partial charge in [0.15, 0.2) is 5.82 Å². The van der Waals surface area contributed by atoms with Gasteiger partial charge in [-0.15, -0.1) is 0 Å². The average molecular weight is 256 g/mol. The number of phenols is 1. The minimum absolute atomic E-state index is 0.0703. The highest BCUT2D eigenvalue weighted by Gasteiger charge is 2.03. The van der Waals surface area contributed by atoms with Crippen LogP contribution in [0.2, 0.25) is 0 Å². The normalized spacial score (nSPS) is 10.6. The fourth-order valence-electron chi connectivity index (χ4n) is 1.73. The summed E-state index contributed by atoms with van der Waals surface area (Å²) in [7, 11) is 0. The highest BCUT2D eigenvalue weighted by Crippen LogP contribution is 2.26. The monoisotopic (exact) mass is 256 g/mol. The number of phenolic OH excluding ortho intramolecular Hbond substituents is 1. The highest BCUT2D eigenvalue weighted by molar-refractivity contribution is 5.85. The lowest BCUT2D eigenvalue weighted by Crippen LogP contribution is -1.92. The Bertz CT molecular complexity index is 729. The molecule has 94 valence electrons. The molecule has 0 aliphatic carbocycles. The van der Waals surface area contributed by atoms with Crippen LogP contribution in [0.15, 0.2) is 48.8 Å². The zero-order chi connectivity index (χ0) is 13.2. The molecule has 2 aromatic carbocycles. The fourth-order valence-corrected chi connectivity index (χ4v) is 1.73. The minimum Gasteiger partial charge on any atom is -0.508 e. The van der Waals surface area contributed by atoms with Gasteiger partial charge in [-0.2, -0.15) is 0 Å². The first-order valence-electron chi connectivity index (χ1n) is 5.59. The number of rotatable bonds is 2. The zero-order valence-corrected chi connectivity index (χ0v) is 9.75. The molecule has 0 atom stereocenters. The van der Waals surface area contributed by atoms with Gasteiger partial charge in [0.1, 0.15) is 11.5 Å². The quantitative estimate of drug-likeness (QED) is 0.764. The van der Waals surface area contributed by atoms with Gasteiger partial charge in [0.2, 0.25) is 0 Å². The van der Waals surface area contributed by atoms with Crippen LogP contribution in [-0.4, -0.2) is 15.1 Å². The zero-order valence-electron chi connectivity index (χ0n) is 9.75. The molecule has 0 saturated carbocycles. The van der Waals surface area contributed by atoms with Crippen molar-refractivity contribution < 1.29 is 14.2 Å². The second kappa shape index (κ2) is 4.53. The minimum atomic E-state index is -0.518. The number of aromatic nitrogens is 2. The molecule has 0 fully saturated rings. The fraction of sp³-hybridized carbons (Fsp3) is 0. The molecule has 0 radical (unpaired) electrons. The van der Waals surface area contributed by atoms with Crippen molar-refractivity contribution in [3.63, 3.8) is 0 Å². The van der Waals surface area contributed by atoms with Crippen molar-refractivity contribution in [2.75, 3.05) is 0 Å². The summed E-state index contributed by atoms with van der Waals surface area (Å²) < 4.78 is 18.1. The number of hydrogen-bond acceptors (Lipinski definition) is 4. The molecule has 0 bridgehead atoms. The predicted octanol–water partition coefficient (Wildman–Crippen LogP) is 3.27.